The number of nitrogens with one attached hydrogen (secondary N) is 2. The molecular formula is C25H34F3N7O2. The van der Waals surface area contributed by atoms with Crippen LogP contribution >= 0.6 is 0 Å². The Labute approximate surface area is 214 Å². The van der Waals surface area contributed by atoms with E-state index in [-0.39, 0.29) is 25.3 Å². The second-order valence-corrected chi connectivity index (χ2v) is 8.03. The molecular weight excluding hydrogens is 487 g/mol. The minimum absolute atomic E-state index is 0.0303. The van der Waals surface area contributed by atoms with Crippen molar-refractivity contribution in [3.8, 4) is 0 Å². The van der Waals surface area contributed by atoms with E-state index in [1.165, 1.54) is 7.05 Å². The molecule has 2 aliphatic heterocycles. The molecule has 0 saturated carbocycles. The van der Waals surface area contributed by atoms with E-state index in [4.69, 9.17) is 0 Å². The minimum atomic E-state index is -4.00. The number of aromatic amines is 1. The zero-order valence-corrected chi connectivity index (χ0v) is 21.5. The van der Waals surface area contributed by atoms with Gasteiger partial charge in [0.1, 0.15) is 6.54 Å². The lowest BCUT2D eigenvalue weighted by atomic mass is 10.1. The predicted molar refractivity (Wildman–Crippen MR) is 137 cm³/mol. The third kappa shape index (κ3) is 8.17. The van der Waals surface area contributed by atoms with Gasteiger partial charge in [-0.3, -0.25) is 14.7 Å². The Kier molecular flexibility index (Phi) is 10.9. The Bertz CT molecular complexity index is 1170. The van der Waals surface area contributed by atoms with Crippen LogP contribution in [0.5, 0.6) is 0 Å². The topological polar surface area (TPSA) is 120 Å². The molecule has 0 radical (unpaired) electrons. The van der Waals surface area contributed by atoms with Gasteiger partial charge in [-0.05, 0) is 37.6 Å². The van der Waals surface area contributed by atoms with Gasteiger partial charge in [0.2, 0.25) is 5.91 Å². The number of hydrogen-bond acceptors (Lipinski definition) is 6. The number of rotatable bonds is 4. The molecule has 2 aromatic heterocycles. The first-order valence-electron chi connectivity index (χ1n) is 12.1. The average Bonchev–Trinajstić information content (AvgIpc) is 3.62. The van der Waals surface area contributed by atoms with Crippen molar-refractivity contribution in [2.45, 2.75) is 46.3 Å². The monoisotopic (exact) mass is 521 g/mol. The lowest BCUT2D eigenvalue weighted by Crippen LogP contribution is -2.39. The normalized spacial score (nSPS) is 14.1. The summed E-state index contributed by atoms with van der Waals surface area (Å²) in [7, 11) is 1.50. The van der Waals surface area contributed by atoms with Gasteiger partial charge in [0.15, 0.2) is 5.65 Å². The summed E-state index contributed by atoms with van der Waals surface area (Å²) in [5, 5.41) is 11.0. The number of H-pyrrole nitrogens is 1. The number of fused-ring (bicyclic) bond motifs is 2. The van der Waals surface area contributed by atoms with Gasteiger partial charge >= 0.3 is 6.18 Å². The van der Waals surface area contributed by atoms with Crippen molar-refractivity contribution in [1.29, 1.82) is 0 Å². The van der Waals surface area contributed by atoms with Crippen molar-refractivity contribution in [3.05, 3.63) is 47.8 Å². The smallest absolute Gasteiger partial charge is 0.354 e. The number of halogens is 3. The number of likely N-dealkylation sites (tertiary alicyclic amines) is 1. The number of aromatic nitrogens is 3. The first-order valence-corrected chi connectivity index (χ1v) is 12.1. The Morgan fingerprint density at radius 3 is 2.46 bits per heavy atom. The van der Waals surface area contributed by atoms with Crippen LogP contribution in [-0.2, 0) is 11.3 Å². The highest BCUT2D eigenvalue weighted by Gasteiger charge is 2.32. The molecule has 12 heteroatoms. The lowest BCUT2D eigenvalue weighted by molar-refractivity contribution is -0.130. The van der Waals surface area contributed by atoms with E-state index in [1.54, 1.807) is 17.3 Å². The zero-order chi connectivity index (χ0) is 27.6. The predicted octanol–water partition coefficient (Wildman–Crippen LogP) is 4.45. The van der Waals surface area contributed by atoms with Crippen molar-refractivity contribution in [1.82, 2.24) is 25.0 Å². The fourth-order valence-corrected chi connectivity index (χ4v) is 3.94. The molecule has 1 fully saturated rings. The molecule has 0 unspecified atom stereocenters. The second kappa shape index (κ2) is 13.6. The summed E-state index contributed by atoms with van der Waals surface area (Å²) in [5.41, 5.74) is 8.28. The summed E-state index contributed by atoms with van der Waals surface area (Å²) in [6, 6.07) is 7.67. The van der Waals surface area contributed by atoms with Crippen LogP contribution in [0.25, 0.3) is 11.0 Å². The van der Waals surface area contributed by atoms with Crippen LogP contribution in [0.15, 0.2) is 36.7 Å². The Balaban J connectivity index is 0.000000473. The van der Waals surface area contributed by atoms with Gasteiger partial charge in [-0.1, -0.05) is 26.0 Å². The standard InChI is InChI=1S/C20H20N6O2.C2H3F3.C2H6.CH5N/c27-17(25-6-1-2-7-25)12-26-11-13-4-3-5-16(18(13)20(26)28)23-15-8-14-9-22-24-19(14)21-10-15;1-2(3,4)5;2*1-2/h3-5,8-10,23H,1-2,6-7,11-12H2,(H,21,22,24);1H3;1-2H3;2H2,1H3. The molecule has 2 amide bonds. The first-order chi connectivity index (χ1) is 17.7. The van der Waals surface area contributed by atoms with Crippen molar-refractivity contribution >= 4 is 34.2 Å². The van der Waals surface area contributed by atoms with Crippen LogP contribution in [0.3, 0.4) is 0 Å². The molecule has 1 saturated heterocycles. The Morgan fingerprint density at radius 1 is 1.16 bits per heavy atom. The van der Waals surface area contributed by atoms with Crippen molar-refractivity contribution in [2.24, 2.45) is 5.73 Å². The molecule has 0 aliphatic carbocycles. The number of nitrogens with two attached hydrogens (primary N) is 1. The van der Waals surface area contributed by atoms with Gasteiger partial charge in [0.25, 0.3) is 5.91 Å². The van der Waals surface area contributed by atoms with Gasteiger partial charge in [0.05, 0.1) is 29.3 Å². The SMILES string of the molecule is CC.CC(F)(F)F.CN.O=C(CN1Cc2cccc(Nc3cnc4[nH]ncc4c3)c2C1=O)N1CCCC1. The van der Waals surface area contributed by atoms with Crippen molar-refractivity contribution in [2.75, 3.05) is 32.0 Å². The summed E-state index contributed by atoms with van der Waals surface area (Å²) in [5.74, 6) is -0.0780. The number of carbonyl (C=O) groups excluding carboxylic acids is 2. The molecule has 4 N–H and O–H groups in total. The lowest BCUT2D eigenvalue weighted by Gasteiger charge is -2.20. The largest absolute Gasteiger partial charge is 0.386 e. The van der Waals surface area contributed by atoms with Crippen molar-refractivity contribution < 1.29 is 22.8 Å². The van der Waals surface area contributed by atoms with Crippen LogP contribution in [0.1, 0.15) is 49.5 Å². The number of alkyl halides is 3. The number of pyridine rings is 1. The first kappa shape index (κ1) is 29.6. The Morgan fingerprint density at radius 2 is 1.81 bits per heavy atom. The second-order valence-electron chi connectivity index (χ2n) is 8.03. The fraction of sp³-hybridized carbons (Fsp3) is 0.440. The van der Waals surface area contributed by atoms with E-state index in [0.29, 0.717) is 17.8 Å². The summed E-state index contributed by atoms with van der Waals surface area (Å²) >= 11 is 0. The van der Waals surface area contributed by atoms with Crippen LogP contribution in [0.2, 0.25) is 0 Å². The van der Waals surface area contributed by atoms with Crippen molar-refractivity contribution in [3.63, 3.8) is 0 Å². The third-order valence-corrected chi connectivity index (χ3v) is 5.37. The minimum Gasteiger partial charge on any atom is -0.354 e. The third-order valence-electron chi connectivity index (χ3n) is 5.37. The molecule has 2 aliphatic rings. The van der Waals surface area contributed by atoms with E-state index in [0.717, 1.165) is 48.3 Å². The summed E-state index contributed by atoms with van der Waals surface area (Å²) in [6.45, 7) is 6.37. The number of carbonyl (C=O) groups is 2. The number of hydrogen-bond donors (Lipinski definition) is 3. The van der Waals surface area contributed by atoms with Gasteiger partial charge < -0.3 is 20.9 Å². The van der Waals surface area contributed by atoms with Gasteiger partial charge in [-0.25, -0.2) is 4.98 Å². The maximum atomic E-state index is 13.0. The maximum Gasteiger partial charge on any atom is 0.386 e. The van der Waals surface area contributed by atoms with E-state index in [2.05, 4.69) is 26.2 Å². The summed E-state index contributed by atoms with van der Waals surface area (Å²) in [6.07, 6.45) is 1.50. The summed E-state index contributed by atoms with van der Waals surface area (Å²) < 4.78 is 31.1. The fourth-order valence-electron chi connectivity index (χ4n) is 3.94. The Hall–Kier alpha value is -3.67. The molecule has 5 rings (SSSR count). The number of benzene rings is 1. The average molecular weight is 522 g/mol. The van der Waals surface area contributed by atoms with E-state index in [1.807, 2.05) is 43.0 Å². The van der Waals surface area contributed by atoms with Crippen LogP contribution < -0.4 is 11.1 Å². The summed E-state index contributed by atoms with van der Waals surface area (Å²) in [4.78, 5) is 33.3. The maximum absolute atomic E-state index is 13.0. The van der Waals surface area contributed by atoms with Crippen LogP contribution in [0.4, 0.5) is 24.5 Å². The molecule has 1 aromatic carbocycles. The number of anilines is 2. The molecule has 0 spiro atoms. The zero-order valence-electron chi connectivity index (χ0n) is 21.5. The highest BCUT2D eigenvalue weighted by atomic mass is 19.4. The van der Waals surface area contributed by atoms with Crippen LogP contribution in [-0.4, -0.2) is 69.7 Å². The number of nitrogens with zero attached hydrogens (tertiary/aromatic N) is 4. The number of amides is 2. The molecule has 37 heavy (non-hydrogen) atoms. The van der Waals surface area contributed by atoms with Crippen LogP contribution in [0, 0.1) is 0 Å². The van der Waals surface area contributed by atoms with E-state index >= 15 is 0 Å². The molecule has 4 heterocycles. The van der Waals surface area contributed by atoms with Gasteiger partial charge in [-0.2, -0.15) is 18.3 Å². The molecule has 202 valence electrons. The highest BCUT2D eigenvalue weighted by Crippen LogP contribution is 2.31. The molecule has 0 bridgehead atoms. The quantitative estimate of drug-likeness (QED) is 0.467. The molecule has 9 nitrogen and oxygen atoms in total. The van der Waals surface area contributed by atoms with Gasteiger partial charge in [0, 0.05) is 31.9 Å². The van der Waals surface area contributed by atoms with Gasteiger partial charge in [-0.15, -0.1) is 0 Å². The van der Waals surface area contributed by atoms with E-state index in [9.17, 15) is 22.8 Å². The highest BCUT2D eigenvalue weighted by molar-refractivity contribution is 6.05. The molecule has 3 aromatic rings. The molecule has 0 atom stereocenters. The van der Waals surface area contributed by atoms with E-state index < -0.39 is 6.18 Å².